The number of amides is 1. The predicted octanol–water partition coefficient (Wildman–Crippen LogP) is 4.62. The third-order valence-electron chi connectivity index (χ3n) is 5.87. The highest BCUT2D eigenvalue weighted by Gasteiger charge is 2.16. The number of carbonyl (C=O) groups excluding carboxylic acids is 1. The van der Waals surface area contributed by atoms with Crippen LogP contribution < -0.4 is 15.8 Å². The zero-order valence-corrected chi connectivity index (χ0v) is 19.7. The monoisotopic (exact) mass is 478 g/mol. The Balaban J connectivity index is 1.29. The summed E-state index contributed by atoms with van der Waals surface area (Å²) in [5, 5.41) is 3.74. The number of nitrogens with one attached hydrogen (secondary N) is 1. The van der Waals surface area contributed by atoms with Gasteiger partial charge in [-0.15, -0.1) is 0 Å². The van der Waals surface area contributed by atoms with E-state index in [0.29, 0.717) is 31.0 Å². The second-order valence-electron chi connectivity index (χ2n) is 8.34. The maximum Gasteiger partial charge on any atom is 0.221 e. The van der Waals surface area contributed by atoms with Crippen molar-refractivity contribution in [2.75, 3.05) is 12.3 Å². The Morgan fingerprint density at radius 2 is 1.78 bits per heavy atom. The van der Waals surface area contributed by atoms with Gasteiger partial charge in [0.2, 0.25) is 5.91 Å². The van der Waals surface area contributed by atoms with E-state index in [-0.39, 0.29) is 5.91 Å². The van der Waals surface area contributed by atoms with E-state index in [4.69, 9.17) is 10.5 Å². The lowest BCUT2D eigenvalue weighted by Crippen LogP contribution is -2.26. The molecular formula is C28H26N6O2. The Morgan fingerprint density at radius 1 is 0.972 bits per heavy atom. The molecule has 0 unspecified atom stereocenters. The van der Waals surface area contributed by atoms with Gasteiger partial charge in [-0.1, -0.05) is 36.4 Å². The topological polar surface area (TPSA) is 108 Å². The Kier molecular flexibility index (Phi) is 6.84. The van der Waals surface area contributed by atoms with Gasteiger partial charge in [0.05, 0.1) is 5.39 Å². The average Bonchev–Trinajstić information content (AvgIpc) is 3.29. The summed E-state index contributed by atoms with van der Waals surface area (Å²) in [6.07, 6.45) is 8.04. The molecular weight excluding hydrogens is 452 g/mol. The van der Waals surface area contributed by atoms with Gasteiger partial charge in [-0.25, -0.2) is 9.97 Å². The van der Waals surface area contributed by atoms with Gasteiger partial charge in [-0.3, -0.25) is 9.78 Å². The number of nitrogens with zero attached hydrogens (tertiary/aromatic N) is 4. The van der Waals surface area contributed by atoms with Gasteiger partial charge >= 0.3 is 0 Å². The molecule has 1 amide bonds. The van der Waals surface area contributed by atoms with Gasteiger partial charge in [0.1, 0.15) is 29.3 Å². The van der Waals surface area contributed by atoms with Gasteiger partial charge in [-0.05, 0) is 47.9 Å². The van der Waals surface area contributed by atoms with Gasteiger partial charge in [0, 0.05) is 43.7 Å². The Labute approximate surface area is 208 Å². The smallest absolute Gasteiger partial charge is 0.221 e. The number of aromatic nitrogens is 4. The van der Waals surface area contributed by atoms with E-state index < -0.39 is 0 Å². The number of rotatable bonds is 9. The summed E-state index contributed by atoms with van der Waals surface area (Å²) in [6.45, 7) is 1.04. The quantitative estimate of drug-likeness (QED) is 0.320. The first kappa shape index (κ1) is 23.0. The van der Waals surface area contributed by atoms with Crippen LogP contribution in [-0.4, -0.2) is 32.0 Å². The minimum atomic E-state index is -0.0215. The van der Waals surface area contributed by atoms with Crippen LogP contribution in [0.25, 0.3) is 22.2 Å². The van der Waals surface area contributed by atoms with Crippen molar-refractivity contribution in [2.24, 2.45) is 0 Å². The minimum absolute atomic E-state index is 0.0215. The molecule has 3 aromatic heterocycles. The van der Waals surface area contributed by atoms with Crippen molar-refractivity contribution in [1.29, 1.82) is 0 Å². The number of hydrogen-bond donors (Lipinski definition) is 2. The van der Waals surface area contributed by atoms with Crippen LogP contribution in [0.15, 0.2) is 91.6 Å². The SMILES string of the molecule is Nc1ncnc2c1c(-c1ccc(Oc3ccccc3)cc1)cn2CCC(=O)NCCc1cccnc1. The van der Waals surface area contributed by atoms with E-state index in [1.54, 1.807) is 6.20 Å². The molecule has 36 heavy (non-hydrogen) atoms. The van der Waals surface area contributed by atoms with Crippen LogP contribution in [0, 0.1) is 0 Å². The van der Waals surface area contributed by atoms with Crippen molar-refractivity contribution in [3.05, 3.63) is 97.2 Å². The molecule has 180 valence electrons. The zero-order chi connectivity index (χ0) is 24.7. The van der Waals surface area contributed by atoms with Crippen molar-refractivity contribution in [3.8, 4) is 22.6 Å². The highest BCUT2D eigenvalue weighted by Crippen LogP contribution is 2.34. The van der Waals surface area contributed by atoms with Crippen molar-refractivity contribution in [1.82, 2.24) is 24.8 Å². The fraction of sp³-hybridized carbons (Fsp3) is 0.143. The fourth-order valence-electron chi connectivity index (χ4n) is 4.07. The summed E-state index contributed by atoms with van der Waals surface area (Å²) < 4.78 is 7.86. The first-order valence-corrected chi connectivity index (χ1v) is 11.8. The number of pyridine rings is 1. The maximum absolute atomic E-state index is 12.5. The van der Waals surface area contributed by atoms with Gasteiger partial charge in [0.15, 0.2) is 0 Å². The number of hydrogen-bond acceptors (Lipinski definition) is 6. The molecule has 8 nitrogen and oxygen atoms in total. The lowest BCUT2D eigenvalue weighted by Gasteiger charge is -2.07. The summed E-state index contributed by atoms with van der Waals surface area (Å²) in [7, 11) is 0. The standard InChI is InChI=1S/C28H26N6O2/c29-27-26-24(21-8-10-23(11-9-21)36-22-6-2-1-3-7-22)18-34(28(26)33-19-32-27)16-13-25(35)31-15-12-20-5-4-14-30-17-20/h1-11,14,17-19H,12-13,15-16H2,(H,31,35)(H2,29,32,33). The molecule has 3 N–H and O–H groups in total. The molecule has 0 radical (unpaired) electrons. The van der Waals surface area contributed by atoms with E-state index in [1.165, 1.54) is 6.33 Å². The van der Waals surface area contributed by atoms with E-state index >= 15 is 0 Å². The number of anilines is 1. The third-order valence-corrected chi connectivity index (χ3v) is 5.87. The summed E-state index contributed by atoms with van der Waals surface area (Å²) in [4.78, 5) is 25.2. The largest absolute Gasteiger partial charge is 0.457 e. The summed E-state index contributed by atoms with van der Waals surface area (Å²) in [6, 6.07) is 21.3. The molecule has 0 saturated heterocycles. The van der Waals surface area contributed by atoms with Crippen LogP contribution in [-0.2, 0) is 17.8 Å². The molecule has 0 aliphatic carbocycles. The fourth-order valence-corrected chi connectivity index (χ4v) is 4.07. The van der Waals surface area contributed by atoms with Crippen molar-refractivity contribution in [3.63, 3.8) is 0 Å². The first-order chi connectivity index (χ1) is 17.7. The maximum atomic E-state index is 12.5. The summed E-state index contributed by atoms with van der Waals surface area (Å²) in [5.74, 6) is 1.89. The van der Waals surface area contributed by atoms with Crippen LogP contribution in [0.5, 0.6) is 11.5 Å². The lowest BCUT2D eigenvalue weighted by molar-refractivity contribution is -0.121. The lowest BCUT2D eigenvalue weighted by atomic mass is 10.1. The molecule has 5 rings (SSSR count). The molecule has 0 fully saturated rings. The van der Waals surface area contributed by atoms with E-state index in [1.807, 2.05) is 83.7 Å². The van der Waals surface area contributed by atoms with E-state index in [0.717, 1.165) is 40.0 Å². The van der Waals surface area contributed by atoms with E-state index in [9.17, 15) is 4.79 Å². The van der Waals surface area contributed by atoms with E-state index in [2.05, 4.69) is 20.3 Å². The average molecular weight is 479 g/mol. The number of carbonyl (C=O) groups is 1. The Bertz CT molecular complexity index is 1450. The number of fused-ring (bicyclic) bond motifs is 1. The summed E-state index contributed by atoms with van der Waals surface area (Å²) in [5.41, 5.74) is 9.90. The number of para-hydroxylation sites is 1. The predicted molar refractivity (Wildman–Crippen MR) is 139 cm³/mol. The van der Waals surface area contributed by atoms with Gasteiger partial charge in [0.25, 0.3) is 0 Å². The highest BCUT2D eigenvalue weighted by atomic mass is 16.5. The number of benzene rings is 2. The number of aryl methyl sites for hydroxylation is 1. The first-order valence-electron chi connectivity index (χ1n) is 11.8. The third kappa shape index (κ3) is 5.33. The molecule has 0 aliphatic heterocycles. The van der Waals surface area contributed by atoms with Crippen molar-refractivity contribution < 1.29 is 9.53 Å². The second kappa shape index (κ2) is 10.7. The van der Waals surface area contributed by atoms with Crippen LogP contribution >= 0.6 is 0 Å². The molecule has 8 heteroatoms. The summed E-state index contributed by atoms with van der Waals surface area (Å²) >= 11 is 0. The van der Waals surface area contributed by atoms with Crippen molar-refractivity contribution >= 4 is 22.8 Å². The Hall–Kier alpha value is -4.72. The van der Waals surface area contributed by atoms with Crippen molar-refractivity contribution in [2.45, 2.75) is 19.4 Å². The normalized spacial score (nSPS) is 10.9. The second-order valence-corrected chi connectivity index (χ2v) is 8.34. The molecule has 0 spiro atoms. The molecule has 3 heterocycles. The minimum Gasteiger partial charge on any atom is -0.457 e. The zero-order valence-electron chi connectivity index (χ0n) is 19.7. The van der Waals surface area contributed by atoms with Crippen LogP contribution in [0.1, 0.15) is 12.0 Å². The Morgan fingerprint density at radius 3 is 2.56 bits per heavy atom. The number of nitrogen functional groups attached to an aromatic ring is 1. The molecule has 0 bridgehead atoms. The van der Waals surface area contributed by atoms with Crippen LogP contribution in [0.4, 0.5) is 5.82 Å². The molecule has 0 saturated carbocycles. The highest BCUT2D eigenvalue weighted by molar-refractivity contribution is 6.00. The molecule has 5 aromatic rings. The van der Waals surface area contributed by atoms with Gasteiger partial charge < -0.3 is 20.4 Å². The van der Waals surface area contributed by atoms with Crippen LogP contribution in [0.3, 0.4) is 0 Å². The number of nitrogens with two attached hydrogens (primary N) is 1. The molecule has 2 aromatic carbocycles. The molecule has 0 atom stereocenters. The van der Waals surface area contributed by atoms with Gasteiger partial charge in [-0.2, -0.15) is 0 Å². The van der Waals surface area contributed by atoms with Crippen LogP contribution in [0.2, 0.25) is 0 Å². The number of ether oxygens (including phenoxy) is 1. The molecule has 0 aliphatic rings.